The van der Waals surface area contributed by atoms with E-state index in [1.165, 1.54) is 6.07 Å². The summed E-state index contributed by atoms with van der Waals surface area (Å²) in [6, 6.07) is 13.7. The lowest BCUT2D eigenvalue weighted by atomic mass is 10.0. The number of rotatable bonds is 7. The lowest BCUT2D eigenvalue weighted by Crippen LogP contribution is -2.45. The Morgan fingerprint density at radius 2 is 1.77 bits per heavy atom. The third-order valence-corrected chi connectivity index (χ3v) is 5.33. The summed E-state index contributed by atoms with van der Waals surface area (Å²) >= 11 is 0. The lowest BCUT2D eigenvalue weighted by molar-refractivity contribution is -0.150. The third-order valence-electron chi connectivity index (χ3n) is 5.33. The van der Waals surface area contributed by atoms with Gasteiger partial charge in [-0.05, 0) is 36.5 Å². The molecule has 6 heteroatoms. The van der Waals surface area contributed by atoms with E-state index in [2.05, 4.69) is 5.32 Å². The highest BCUT2D eigenvalue weighted by Crippen LogP contribution is 2.24. The van der Waals surface area contributed by atoms with Gasteiger partial charge < -0.3 is 14.5 Å². The number of amides is 1. The zero-order valence-corrected chi connectivity index (χ0v) is 18.2. The number of ether oxygens (including phenoxy) is 1. The van der Waals surface area contributed by atoms with Crippen LogP contribution in [0.3, 0.4) is 0 Å². The highest BCUT2D eigenvalue weighted by molar-refractivity contribution is 5.86. The second-order valence-corrected chi connectivity index (χ2v) is 8.03. The molecule has 0 aliphatic rings. The van der Waals surface area contributed by atoms with Gasteiger partial charge in [0.2, 0.25) is 5.91 Å². The van der Waals surface area contributed by atoms with Gasteiger partial charge in [-0.3, -0.25) is 4.79 Å². The van der Waals surface area contributed by atoms with Gasteiger partial charge in [0.15, 0.2) is 0 Å². The van der Waals surface area contributed by atoms with Crippen LogP contribution in [0.1, 0.15) is 36.1 Å². The minimum absolute atomic E-state index is 0.0821. The van der Waals surface area contributed by atoms with E-state index >= 15 is 0 Å². The SMILES string of the molecule is Cc1ccc2c(COC(=O)[C@@H](NC(=O)Cc3ccccc3)C(C)C)cc(=O)oc2c1C. The van der Waals surface area contributed by atoms with Crippen LogP contribution in [0.15, 0.2) is 57.7 Å². The average Bonchev–Trinajstić information content (AvgIpc) is 2.73. The highest BCUT2D eigenvalue weighted by atomic mass is 16.5. The van der Waals surface area contributed by atoms with E-state index in [1.807, 2.05) is 70.2 Å². The molecule has 3 rings (SSSR count). The summed E-state index contributed by atoms with van der Waals surface area (Å²) in [5.41, 5.74) is 3.31. The predicted octanol–water partition coefficient (Wildman–Crippen LogP) is 3.84. The minimum atomic E-state index is -0.786. The van der Waals surface area contributed by atoms with Crippen molar-refractivity contribution < 1.29 is 18.7 Å². The Bertz CT molecular complexity index is 1150. The molecule has 1 atom stereocenters. The quantitative estimate of drug-likeness (QED) is 0.463. The molecule has 0 bridgehead atoms. The van der Waals surface area contributed by atoms with Crippen molar-refractivity contribution in [2.24, 2.45) is 5.92 Å². The van der Waals surface area contributed by atoms with Crippen LogP contribution >= 0.6 is 0 Å². The molecule has 3 aromatic rings. The van der Waals surface area contributed by atoms with Gasteiger partial charge in [0.05, 0.1) is 6.42 Å². The molecule has 0 saturated carbocycles. The molecule has 0 aliphatic carbocycles. The fourth-order valence-electron chi connectivity index (χ4n) is 3.39. The van der Waals surface area contributed by atoms with Gasteiger partial charge in [-0.15, -0.1) is 0 Å². The molecule has 1 heterocycles. The van der Waals surface area contributed by atoms with Crippen molar-refractivity contribution >= 4 is 22.8 Å². The largest absolute Gasteiger partial charge is 0.459 e. The molecular weight excluding hydrogens is 394 g/mol. The molecule has 0 unspecified atom stereocenters. The Labute approximate surface area is 181 Å². The summed E-state index contributed by atoms with van der Waals surface area (Å²) in [5.74, 6) is -0.949. The molecule has 1 amide bonds. The van der Waals surface area contributed by atoms with E-state index in [4.69, 9.17) is 9.15 Å². The Hall–Kier alpha value is -3.41. The maximum Gasteiger partial charge on any atom is 0.336 e. The number of carbonyl (C=O) groups is 2. The van der Waals surface area contributed by atoms with Crippen LogP contribution in [-0.4, -0.2) is 17.9 Å². The van der Waals surface area contributed by atoms with Crippen molar-refractivity contribution in [1.29, 1.82) is 0 Å². The predicted molar refractivity (Wildman–Crippen MR) is 119 cm³/mol. The average molecular weight is 421 g/mol. The molecule has 0 radical (unpaired) electrons. The van der Waals surface area contributed by atoms with Gasteiger partial charge in [-0.1, -0.05) is 56.3 Å². The molecule has 1 N–H and O–H groups in total. The first kappa shape index (κ1) is 22.3. The number of carbonyl (C=O) groups excluding carboxylic acids is 2. The standard InChI is InChI=1S/C25H27NO5/c1-15(2)23(26-21(27)12-18-8-6-5-7-9-18)25(29)30-14-19-13-22(28)31-24-17(4)16(3)10-11-20(19)24/h5-11,13,15,23H,12,14H2,1-4H3,(H,26,27)/t23-/m0/s1. The maximum absolute atomic E-state index is 12.7. The Morgan fingerprint density at radius 3 is 2.45 bits per heavy atom. The summed E-state index contributed by atoms with van der Waals surface area (Å²) < 4.78 is 10.9. The van der Waals surface area contributed by atoms with Gasteiger partial charge in [0.1, 0.15) is 18.2 Å². The molecule has 1 aromatic heterocycles. The van der Waals surface area contributed by atoms with Crippen molar-refractivity contribution in [2.45, 2.75) is 46.8 Å². The number of fused-ring (bicyclic) bond motifs is 1. The number of nitrogens with one attached hydrogen (secondary N) is 1. The van der Waals surface area contributed by atoms with E-state index in [0.717, 1.165) is 22.1 Å². The monoisotopic (exact) mass is 421 g/mol. The minimum Gasteiger partial charge on any atom is -0.459 e. The highest BCUT2D eigenvalue weighted by Gasteiger charge is 2.26. The fraction of sp³-hybridized carbons (Fsp3) is 0.320. The maximum atomic E-state index is 12.7. The second-order valence-electron chi connectivity index (χ2n) is 8.03. The van der Waals surface area contributed by atoms with E-state index < -0.39 is 17.6 Å². The van der Waals surface area contributed by atoms with Crippen molar-refractivity contribution in [3.8, 4) is 0 Å². The molecule has 0 saturated heterocycles. The van der Waals surface area contributed by atoms with Gasteiger partial charge >= 0.3 is 11.6 Å². The third kappa shape index (κ3) is 5.40. The molecule has 31 heavy (non-hydrogen) atoms. The van der Waals surface area contributed by atoms with Gasteiger partial charge in [0, 0.05) is 17.0 Å². The van der Waals surface area contributed by atoms with Crippen molar-refractivity contribution in [3.05, 3.63) is 81.2 Å². The van der Waals surface area contributed by atoms with E-state index in [-0.39, 0.29) is 24.9 Å². The van der Waals surface area contributed by atoms with E-state index in [9.17, 15) is 14.4 Å². The van der Waals surface area contributed by atoms with Crippen molar-refractivity contribution in [2.75, 3.05) is 0 Å². The molecule has 2 aromatic carbocycles. The zero-order valence-electron chi connectivity index (χ0n) is 18.2. The molecule has 0 aliphatic heterocycles. The molecule has 0 spiro atoms. The normalized spacial score (nSPS) is 12.0. The van der Waals surface area contributed by atoms with Crippen LogP contribution in [-0.2, 0) is 27.4 Å². The van der Waals surface area contributed by atoms with Gasteiger partial charge in [0.25, 0.3) is 0 Å². The first-order chi connectivity index (χ1) is 14.8. The van der Waals surface area contributed by atoms with E-state index in [0.29, 0.717) is 11.1 Å². The zero-order chi connectivity index (χ0) is 22.5. The number of benzene rings is 2. The lowest BCUT2D eigenvalue weighted by Gasteiger charge is -2.21. The van der Waals surface area contributed by atoms with Crippen LogP contribution in [0.2, 0.25) is 0 Å². The van der Waals surface area contributed by atoms with Crippen LogP contribution in [0.4, 0.5) is 0 Å². The van der Waals surface area contributed by atoms with Crippen LogP contribution in [0.25, 0.3) is 11.0 Å². The van der Waals surface area contributed by atoms with Crippen LogP contribution < -0.4 is 10.9 Å². The summed E-state index contributed by atoms with van der Waals surface area (Å²) in [6.07, 6.45) is 0.181. The summed E-state index contributed by atoms with van der Waals surface area (Å²) in [5, 5.41) is 3.50. The first-order valence-electron chi connectivity index (χ1n) is 10.3. The molecular formula is C25H27NO5. The van der Waals surface area contributed by atoms with E-state index in [1.54, 1.807) is 0 Å². The summed E-state index contributed by atoms with van der Waals surface area (Å²) in [4.78, 5) is 37.2. The number of hydrogen-bond acceptors (Lipinski definition) is 5. The molecule has 6 nitrogen and oxygen atoms in total. The van der Waals surface area contributed by atoms with Crippen LogP contribution in [0, 0.1) is 19.8 Å². The smallest absolute Gasteiger partial charge is 0.336 e. The molecule has 0 fully saturated rings. The number of hydrogen-bond donors (Lipinski definition) is 1. The molecule has 162 valence electrons. The Kier molecular flexibility index (Phi) is 6.90. The van der Waals surface area contributed by atoms with Crippen molar-refractivity contribution in [1.82, 2.24) is 5.32 Å². The van der Waals surface area contributed by atoms with Gasteiger partial charge in [-0.25, -0.2) is 9.59 Å². The number of aryl methyl sites for hydroxylation is 2. The second kappa shape index (κ2) is 9.60. The first-order valence-corrected chi connectivity index (χ1v) is 10.3. The van der Waals surface area contributed by atoms with Gasteiger partial charge in [-0.2, -0.15) is 0 Å². The fourth-order valence-corrected chi connectivity index (χ4v) is 3.39. The summed E-state index contributed by atoms with van der Waals surface area (Å²) in [7, 11) is 0. The number of esters is 1. The van der Waals surface area contributed by atoms with Crippen LogP contribution in [0.5, 0.6) is 0 Å². The van der Waals surface area contributed by atoms with Crippen molar-refractivity contribution in [3.63, 3.8) is 0 Å². The topological polar surface area (TPSA) is 85.6 Å². The Morgan fingerprint density at radius 1 is 1.06 bits per heavy atom. The Balaban J connectivity index is 1.73. The summed E-state index contributed by atoms with van der Waals surface area (Å²) in [6.45, 7) is 7.42.